The van der Waals surface area contributed by atoms with Crippen LogP contribution in [0.25, 0.3) is 0 Å². The first-order chi connectivity index (χ1) is 5.46. The summed E-state index contributed by atoms with van der Waals surface area (Å²) in [6.07, 6.45) is 0.574. The highest BCUT2D eigenvalue weighted by Gasteiger charge is 2.41. The molecule has 2 unspecified atom stereocenters. The molecule has 0 spiro atoms. The zero-order valence-electron chi connectivity index (χ0n) is 7.54. The van der Waals surface area contributed by atoms with E-state index >= 15 is 0 Å². The molecule has 1 heterocycles. The molecular formula is C8H15N2O2+. The second kappa shape index (κ2) is 2.86. The van der Waals surface area contributed by atoms with Gasteiger partial charge in [-0.15, -0.1) is 0 Å². The van der Waals surface area contributed by atoms with E-state index in [9.17, 15) is 9.59 Å². The number of quaternary nitrogens is 1. The highest BCUT2D eigenvalue weighted by molar-refractivity contribution is 5.84. The Morgan fingerprint density at radius 2 is 2.33 bits per heavy atom. The third-order valence-electron chi connectivity index (χ3n) is 2.79. The maximum absolute atomic E-state index is 11.2. The molecule has 4 heteroatoms. The second-order valence-electron chi connectivity index (χ2n) is 3.72. The van der Waals surface area contributed by atoms with E-state index in [2.05, 4.69) is 0 Å². The first-order valence-electron chi connectivity index (χ1n) is 4.11. The quantitative estimate of drug-likeness (QED) is 0.557. The van der Waals surface area contributed by atoms with Gasteiger partial charge in [0.2, 0.25) is 0 Å². The van der Waals surface area contributed by atoms with Crippen molar-refractivity contribution in [1.29, 1.82) is 0 Å². The third-order valence-corrected chi connectivity index (χ3v) is 2.79. The molecular weight excluding hydrogens is 156 g/mol. The second-order valence-corrected chi connectivity index (χ2v) is 3.72. The van der Waals surface area contributed by atoms with Crippen LogP contribution in [-0.2, 0) is 9.59 Å². The molecule has 0 aromatic rings. The summed E-state index contributed by atoms with van der Waals surface area (Å²) >= 11 is 0. The SMILES string of the molecule is CC1C(=O)CC[N+]1(C)CC(N)=O. The molecule has 0 aromatic heterocycles. The Morgan fingerprint density at radius 3 is 2.67 bits per heavy atom. The minimum absolute atomic E-state index is 0.0718. The third kappa shape index (κ3) is 1.48. The molecule has 0 radical (unpaired) electrons. The Labute approximate surface area is 71.9 Å². The summed E-state index contributed by atoms with van der Waals surface area (Å²) < 4.78 is 0.480. The van der Waals surface area contributed by atoms with Crippen LogP contribution in [0.4, 0.5) is 0 Å². The normalized spacial score (nSPS) is 35.5. The van der Waals surface area contributed by atoms with Crippen LogP contribution in [0.3, 0.4) is 0 Å². The molecule has 68 valence electrons. The molecule has 0 aliphatic carbocycles. The summed E-state index contributed by atoms with van der Waals surface area (Å²) in [4.78, 5) is 21.9. The zero-order valence-corrected chi connectivity index (χ0v) is 7.54. The van der Waals surface area contributed by atoms with E-state index in [1.165, 1.54) is 0 Å². The smallest absolute Gasteiger partial charge is 0.272 e. The zero-order chi connectivity index (χ0) is 9.35. The lowest BCUT2D eigenvalue weighted by molar-refractivity contribution is -0.906. The topological polar surface area (TPSA) is 60.2 Å². The predicted octanol–water partition coefficient (Wildman–Crippen LogP) is -0.720. The fourth-order valence-corrected chi connectivity index (χ4v) is 1.69. The number of hydrogen-bond donors (Lipinski definition) is 1. The van der Waals surface area contributed by atoms with Gasteiger partial charge in [0.05, 0.1) is 20.0 Å². The Bertz CT molecular complexity index is 227. The molecule has 1 aliphatic heterocycles. The molecule has 1 aliphatic rings. The van der Waals surface area contributed by atoms with E-state index in [4.69, 9.17) is 5.73 Å². The molecule has 1 amide bonds. The lowest BCUT2D eigenvalue weighted by Crippen LogP contribution is -2.52. The molecule has 1 fully saturated rings. The summed E-state index contributed by atoms with van der Waals surface area (Å²) in [5.74, 6) is -0.0993. The van der Waals surface area contributed by atoms with E-state index < -0.39 is 0 Å². The number of nitrogens with zero attached hydrogens (tertiary/aromatic N) is 1. The standard InChI is InChI=1S/C8H14N2O2/c1-6-7(11)3-4-10(6,2)5-8(9)12/h6H,3-5H2,1-2H3,(H-,9,12)/p+1. The van der Waals surface area contributed by atoms with Crippen molar-refractivity contribution >= 4 is 11.7 Å². The molecule has 1 rings (SSSR count). The van der Waals surface area contributed by atoms with Gasteiger partial charge < -0.3 is 10.2 Å². The van der Waals surface area contributed by atoms with Crippen molar-refractivity contribution in [3.05, 3.63) is 0 Å². The number of Topliss-reactive ketones (excluding diaryl/α,β-unsaturated/α-hetero) is 1. The molecule has 0 saturated carbocycles. The maximum atomic E-state index is 11.2. The Hall–Kier alpha value is -0.900. The average molecular weight is 171 g/mol. The van der Waals surface area contributed by atoms with Gasteiger partial charge in [-0.25, -0.2) is 0 Å². The summed E-state index contributed by atoms with van der Waals surface area (Å²) in [5, 5.41) is 0. The molecule has 2 atom stereocenters. The van der Waals surface area contributed by atoms with Crippen molar-refractivity contribution in [2.24, 2.45) is 5.73 Å². The summed E-state index contributed by atoms with van der Waals surface area (Å²) in [5.41, 5.74) is 5.10. The van der Waals surface area contributed by atoms with Gasteiger partial charge in [-0.3, -0.25) is 9.59 Å². The predicted molar refractivity (Wildman–Crippen MR) is 44.2 cm³/mol. The highest BCUT2D eigenvalue weighted by Crippen LogP contribution is 2.20. The van der Waals surface area contributed by atoms with Crippen LogP contribution in [0.2, 0.25) is 0 Å². The number of likely N-dealkylation sites (tertiary alicyclic amines) is 1. The maximum Gasteiger partial charge on any atom is 0.272 e. The van der Waals surface area contributed by atoms with Crippen LogP contribution in [0.1, 0.15) is 13.3 Å². The fraction of sp³-hybridized carbons (Fsp3) is 0.750. The summed E-state index contributed by atoms with van der Waals surface area (Å²) in [7, 11) is 1.90. The van der Waals surface area contributed by atoms with Gasteiger partial charge in [0.1, 0.15) is 6.04 Å². The average Bonchev–Trinajstić information content (AvgIpc) is 2.16. The van der Waals surface area contributed by atoms with Crippen LogP contribution in [0.15, 0.2) is 0 Å². The first-order valence-corrected chi connectivity index (χ1v) is 4.11. The van der Waals surface area contributed by atoms with E-state index in [-0.39, 0.29) is 24.3 Å². The Kier molecular flexibility index (Phi) is 2.19. The number of nitrogens with two attached hydrogens (primary N) is 1. The molecule has 0 bridgehead atoms. The van der Waals surface area contributed by atoms with Crippen molar-refractivity contribution in [1.82, 2.24) is 0 Å². The molecule has 4 nitrogen and oxygen atoms in total. The molecule has 2 N–H and O–H groups in total. The minimum Gasteiger partial charge on any atom is -0.365 e. The van der Waals surface area contributed by atoms with Gasteiger partial charge >= 0.3 is 0 Å². The lowest BCUT2D eigenvalue weighted by atomic mass is 10.2. The Balaban J connectivity index is 2.72. The number of hydrogen-bond acceptors (Lipinski definition) is 2. The monoisotopic (exact) mass is 171 g/mol. The van der Waals surface area contributed by atoms with Gasteiger partial charge in [0.25, 0.3) is 5.91 Å². The highest BCUT2D eigenvalue weighted by atomic mass is 16.2. The summed E-state index contributed by atoms with van der Waals surface area (Å²) in [6.45, 7) is 2.87. The van der Waals surface area contributed by atoms with Crippen molar-refractivity contribution in [2.45, 2.75) is 19.4 Å². The van der Waals surface area contributed by atoms with Crippen LogP contribution >= 0.6 is 0 Å². The van der Waals surface area contributed by atoms with Crippen molar-refractivity contribution in [3.8, 4) is 0 Å². The van der Waals surface area contributed by atoms with E-state index in [0.29, 0.717) is 10.9 Å². The number of carbonyl (C=O) groups excluding carboxylic acids is 2. The largest absolute Gasteiger partial charge is 0.365 e. The van der Waals surface area contributed by atoms with E-state index in [1.807, 2.05) is 14.0 Å². The van der Waals surface area contributed by atoms with E-state index in [1.54, 1.807) is 0 Å². The molecule has 1 saturated heterocycles. The Morgan fingerprint density at radius 1 is 1.75 bits per heavy atom. The van der Waals surface area contributed by atoms with Gasteiger partial charge in [0.15, 0.2) is 12.3 Å². The van der Waals surface area contributed by atoms with Gasteiger partial charge in [-0.05, 0) is 6.92 Å². The number of primary amides is 1. The van der Waals surface area contributed by atoms with Gasteiger partial charge in [-0.1, -0.05) is 0 Å². The van der Waals surface area contributed by atoms with Crippen molar-refractivity contribution in [2.75, 3.05) is 20.1 Å². The number of likely N-dealkylation sites (N-methyl/N-ethyl adjacent to an activating group) is 1. The lowest BCUT2D eigenvalue weighted by Gasteiger charge is -2.31. The van der Waals surface area contributed by atoms with Crippen LogP contribution < -0.4 is 5.73 Å². The number of ketones is 1. The van der Waals surface area contributed by atoms with Crippen LogP contribution in [0, 0.1) is 0 Å². The van der Waals surface area contributed by atoms with Crippen LogP contribution in [0.5, 0.6) is 0 Å². The summed E-state index contributed by atoms with van der Waals surface area (Å²) in [6, 6.07) is -0.0718. The van der Waals surface area contributed by atoms with E-state index in [0.717, 1.165) is 6.54 Å². The minimum atomic E-state index is -0.334. The molecule has 12 heavy (non-hydrogen) atoms. The fourth-order valence-electron chi connectivity index (χ4n) is 1.69. The number of carbonyl (C=O) groups is 2. The van der Waals surface area contributed by atoms with Gasteiger partial charge in [-0.2, -0.15) is 0 Å². The molecule has 0 aromatic carbocycles. The van der Waals surface area contributed by atoms with Gasteiger partial charge in [0, 0.05) is 0 Å². The number of amides is 1. The van der Waals surface area contributed by atoms with Crippen molar-refractivity contribution < 1.29 is 14.1 Å². The van der Waals surface area contributed by atoms with Crippen LogP contribution in [-0.4, -0.2) is 42.4 Å². The number of rotatable bonds is 2. The first kappa shape index (κ1) is 9.19. The van der Waals surface area contributed by atoms with Crippen molar-refractivity contribution in [3.63, 3.8) is 0 Å².